The van der Waals surface area contributed by atoms with Gasteiger partial charge < -0.3 is 15.1 Å². The van der Waals surface area contributed by atoms with E-state index in [1.54, 1.807) is 12.1 Å². The van der Waals surface area contributed by atoms with Gasteiger partial charge in [0.05, 0.1) is 24.0 Å². The average Bonchev–Trinajstić information content (AvgIpc) is 3.54. The molecule has 2 aromatic heterocycles. The van der Waals surface area contributed by atoms with Crippen LogP contribution < -0.4 is 5.56 Å². The Hall–Kier alpha value is -3.31. The molecule has 2 aliphatic heterocycles. The predicted molar refractivity (Wildman–Crippen MR) is 131 cm³/mol. The number of piperidine rings is 1. The van der Waals surface area contributed by atoms with Gasteiger partial charge in [-0.25, -0.2) is 18.9 Å². The van der Waals surface area contributed by atoms with Gasteiger partial charge in [0.1, 0.15) is 17.5 Å². The summed E-state index contributed by atoms with van der Waals surface area (Å²) in [5, 5.41) is 26.2. The van der Waals surface area contributed by atoms with Gasteiger partial charge >= 0.3 is 6.09 Å². The van der Waals surface area contributed by atoms with Crippen LogP contribution in [-0.2, 0) is 6.54 Å². The van der Waals surface area contributed by atoms with Crippen molar-refractivity contribution in [3.05, 3.63) is 53.0 Å². The molecule has 3 unspecified atom stereocenters. The number of amides is 1. The van der Waals surface area contributed by atoms with Crippen molar-refractivity contribution in [1.82, 2.24) is 29.1 Å². The fourth-order valence-electron chi connectivity index (χ4n) is 5.86. The molecule has 1 aromatic carbocycles. The predicted octanol–water partition coefficient (Wildman–Crippen LogP) is 2.33. The second-order valence-electron chi connectivity index (χ2n) is 9.86. The van der Waals surface area contributed by atoms with Crippen LogP contribution in [0.1, 0.15) is 32.6 Å². The summed E-state index contributed by atoms with van der Waals surface area (Å²) >= 11 is 0. The second kappa shape index (κ2) is 9.62. The van der Waals surface area contributed by atoms with Gasteiger partial charge in [0.25, 0.3) is 5.56 Å². The maximum absolute atomic E-state index is 13.4. The molecule has 10 nitrogen and oxygen atoms in total. The summed E-state index contributed by atoms with van der Waals surface area (Å²) in [5.41, 5.74) is -0.695. The molecule has 2 aliphatic rings. The summed E-state index contributed by atoms with van der Waals surface area (Å²) in [6.07, 6.45) is 5.02. The van der Waals surface area contributed by atoms with E-state index in [0.717, 1.165) is 32.4 Å². The average molecular weight is 499 g/mol. The number of nitrogens with zero attached hydrogens (tertiary/aromatic N) is 6. The Bertz CT molecular complexity index is 1300. The number of aliphatic hydroxyl groups is 1. The zero-order valence-electron chi connectivity index (χ0n) is 20.3. The van der Waals surface area contributed by atoms with Crippen LogP contribution in [0.3, 0.4) is 0 Å². The number of halogens is 1. The Balaban J connectivity index is 1.48. The molecular formula is C25H31FN6O4. The molecule has 5 rings (SSSR count). The molecule has 11 heteroatoms. The molecule has 0 bridgehead atoms. The van der Waals surface area contributed by atoms with Crippen LogP contribution in [0.15, 0.2) is 41.6 Å². The zero-order valence-corrected chi connectivity index (χ0v) is 20.3. The lowest BCUT2D eigenvalue weighted by Gasteiger charge is -2.49. The molecular weight excluding hydrogens is 467 g/mol. The van der Waals surface area contributed by atoms with Crippen LogP contribution in [0.5, 0.6) is 0 Å². The van der Waals surface area contributed by atoms with E-state index in [0.29, 0.717) is 11.3 Å². The Kier molecular flexibility index (Phi) is 6.52. The minimum atomic E-state index is -1.28. The second-order valence-corrected chi connectivity index (χ2v) is 9.86. The number of benzene rings is 1. The van der Waals surface area contributed by atoms with Crippen LogP contribution in [0.25, 0.3) is 16.7 Å². The quantitative estimate of drug-likeness (QED) is 0.536. The van der Waals surface area contributed by atoms with E-state index < -0.39 is 11.7 Å². The van der Waals surface area contributed by atoms with E-state index in [1.165, 1.54) is 38.8 Å². The van der Waals surface area contributed by atoms with Crippen LogP contribution in [-0.4, -0.2) is 83.3 Å². The van der Waals surface area contributed by atoms with Crippen molar-refractivity contribution >= 4 is 17.1 Å². The van der Waals surface area contributed by atoms with Crippen LogP contribution in [0.4, 0.5) is 9.18 Å². The van der Waals surface area contributed by atoms with Gasteiger partial charge in [0.15, 0.2) is 5.65 Å². The minimum Gasteiger partial charge on any atom is -0.465 e. The third kappa shape index (κ3) is 4.37. The molecule has 0 radical (unpaired) electrons. The fraction of sp³-hybridized carbons (Fsp3) is 0.520. The topological polar surface area (TPSA) is 117 Å². The van der Waals surface area contributed by atoms with E-state index in [4.69, 9.17) is 0 Å². The molecule has 192 valence electrons. The first-order chi connectivity index (χ1) is 17.3. The van der Waals surface area contributed by atoms with E-state index in [1.807, 2.05) is 0 Å². The lowest BCUT2D eigenvalue weighted by atomic mass is 9.75. The Morgan fingerprint density at radius 1 is 1.22 bits per heavy atom. The summed E-state index contributed by atoms with van der Waals surface area (Å²) in [7, 11) is 0. The van der Waals surface area contributed by atoms with Crippen molar-refractivity contribution in [3.8, 4) is 5.69 Å². The molecule has 2 fully saturated rings. The lowest BCUT2D eigenvalue weighted by Crippen LogP contribution is -2.61. The fourth-order valence-corrected chi connectivity index (χ4v) is 5.86. The third-order valence-corrected chi connectivity index (χ3v) is 7.75. The van der Waals surface area contributed by atoms with Gasteiger partial charge in [-0.3, -0.25) is 14.3 Å². The van der Waals surface area contributed by atoms with Crippen LogP contribution in [0, 0.1) is 11.7 Å². The third-order valence-electron chi connectivity index (χ3n) is 7.75. The van der Waals surface area contributed by atoms with Gasteiger partial charge in [-0.2, -0.15) is 5.10 Å². The number of likely N-dealkylation sites (tertiary alicyclic amines) is 2. The smallest absolute Gasteiger partial charge is 0.407 e. The number of carbonyl (C=O) groups is 1. The summed E-state index contributed by atoms with van der Waals surface area (Å²) in [5.74, 6) is -0.725. The number of carboxylic acid groups (broad SMARTS) is 1. The molecule has 0 aliphatic carbocycles. The standard InChI is InChI=1S/C25H31FN6O4/c1-2-21(29-10-3-4-11-29)20-14-30(24(34)35)12-9-25(20,36)15-31-16-27-22-19(23(31)33)13-28-32(22)18-7-5-17(26)6-8-18/h5-8,13,16,20-21,36H,2-4,9-12,14-15H2,1H3,(H,34,35). The Labute approximate surface area is 207 Å². The van der Waals surface area contributed by atoms with Gasteiger partial charge in [-0.15, -0.1) is 0 Å². The molecule has 3 aromatic rings. The molecule has 0 spiro atoms. The monoisotopic (exact) mass is 498 g/mol. The Morgan fingerprint density at radius 2 is 1.94 bits per heavy atom. The highest BCUT2D eigenvalue weighted by Gasteiger charge is 2.48. The molecule has 2 saturated heterocycles. The van der Waals surface area contributed by atoms with Crippen molar-refractivity contribution in [2.45, 2.75) is 50.8 Å². The van der Waals surface area contributed by atoms with Gasteiger partial charge in [0.2, 0.25) is 0 Å². The summed E-state index contributed by atoms with van der Waals surface area (Å²) in [6.45, 7) is 4.34. The maximum atomic E-state index is 13.4. The SMILES string of the molecule is CCC(C1CN(C(=O)O)CCC1(O)Cn1cnc2c(cnn2-c2ccc(F)cc2)c1=O)N1CCCC1. The lowest BCUT2D eigenvalue weighted by molar-refractivity contribution is -0.105. The molecule has 1 amide bonds. The molecule has 2 N–H and O–H groups in total. The van der Waals surface area contributed by atoms with Crippen molar-refractivity contribution < 1.29 is 19.4 Å². The highest BCUT2D eigenvalue weighted by Crippen LogP contribution is 2.36. The normalized spacial score (nSPS) is 23.9. The zero-order chi connectivity index (χ0) is 25.4. The highest BCUT2D eigenvalue weighted by atomic mass is 19.1. The number of aromatic nitrogens is 4. The first-order valence-corrected chi connectivity index (χ1v) is 12.4. The molecule has 36 heavy (non-hydrogen) atoms. The van der Waals surface area contributed by atoms with E-state index in [2.05, 4.69) is 21.9 Å². The van der Waals surface area contributed by atoms with E-state index >= 15 is 0 Å². The summed E-state index contributed by atoms with van der Waals surface area (Å²) in [6, 6.07) is 5.75. The van der Waals surface area contributed by atoms with Crippen molar-refractivity contribution in [2.75, 3.05) is 26.2 Å². The number of hydrogen-bond donors (Lipinski definition) is 2. The van der Waals surface area contributed by atoms with E-state index in [-0.39, 0.29) is 54.8 Å². The van der Waals surface area contributed by atoms with Gasteiger partial charge in [0, 0.05) is 25.0 Å². The summed E-state index contributed by atoms with van der Waals surface area (Å²) < 4.78 is 16.2. The van der Waals surface area contributed by atoms with Crippen LogP contribution >= 0.6 is 0 Å². The molecule has 0 saturated carbocycles. The number of hydrogen-bond acceptors (Lipinski definition) is 6. The highest BCUT2D eigenvalue weighted by molar-refractivity contribution is 5.74. The van der Waals surface area contributed by atoms with Crippen molar-refractivity contribution in [2.24, 2.45) is 5.92 Å². The number of rotatable bonds is 6. The molecule has 3 atom stereocenters. The largest absolute Gasteiger partial charge is 0.465 e. The van der Waals surface area contributed by atoms with Crippen LogP contribution in [0.2, 0.25) is 0 Å². The maximum Gasteiger partial charge on any atom is 0.407 e. The first-order valence-electron chi connectivity index (χ1n) is 12.4. The van der Waals surface area contributed by atoms with Crippen molar-refractivity contribution in [3.63, 3.8) is 0 Å². The Morgan fingerprint density at radius 3 is 2.61 bits per heavy atom. The van der Waals surface area contributed by atoms with Gasteiger partial charge in [-0.05, 0) is 63.0 Å². The van der Waals surface area contributed by atoms with Crippen molar-refractivity contribution in [1.29, 1.82) is 0 Å². The van der Waals surface area contributed by atoms with E-state index in [9.17, 15) is 24.2 Å². The minimum absolute atomic E-state index is 0.00766. The van der Waals surface area contributed by atoms with Gasteiger partial charge in [-0.1, -0.05) is 6.92 Å². The summed E-state index contributed by atoms with van der Waals surface area (Å²) in [4.78, 5) is 33.3. The molecule has 4 heterocycles. The number of fused-ring (bicyclic) bond motifs is 1. The first kappa shape index (κ1) is 24.4.